The van der Waals surface area contributed by atoms with E-state index in [0.29, 0.717) is 16.4 Å². The van der Waals surface area contributed by atoms with Crippen LogP contribution < -0.4 is 10.9 Å². The molecule has 0 unspecified atom stereocenters. The van der Waals surface area contributed by atoms with E-state index in [9.17, 15) is 4.79 Å². The second-order valence-corrected chi connectivity index (χ2v) is 3.81. The van der Waals surface area contributed by atoms with Gasteiger partial charge in [0.2, 0.25) is 0 Å². The van der Waals surface area contributed by atoms with Gasteiger partial charge in [0.05, 0.1) is 16.9 Å². The smallest absolute Gasteiger partial charge is 0.278 e. The van der Waals surface area contributed by atoms with Crippen LogP contribution in [-0.2, 0) is 7.05 Å². The number of hydrogen-bond donors (Lipinski definition) is 1. The topological polar surface area (TPSA) is 51.9 Å². The third-order valence-electron chi connectivity index (χ3n) is 2.22. The highest BCUT2D eigenvalue weighted by molar-refractivity contribution is 6.30. The van der Waals surface area contributed by atoms with Gasteiger partial charge in [-0.1, -0.05) is 11.6 Å². The molecule has 0 spiro atoms. The minimum Gasteiger partial charge on any atom is -0.384 e. The zero-order valence-electron chi connectivity index (χ0n) is 8.94. The van der Waals surface area contributed by atoms with E-state index in [1.807, 2.05) is 0 Å². The number of nitrogens with zero attached hydrogens (tertiary/aromatic N) is 3. The van der Waals surface area contributed by atoms with E-state index in [-0.39, 0.29) is 5.56 Å². The highest BCUT2D eigenvalue weighted by Crippen LogP contribution is 2.13. The monoisotopic (exact) mass is 238 g/mol. The standard InChI is InChI=1S/C10H11ClN4O/c1-12-9-3-7(11)5-15(10(9)16)8-4-13-14(2)6-8/h3-6,12H,1-2H3. The second kappa shape index (κ2) is 4.02. The highest BCUT2D eigenvalue weighted by Gasteiger charge is 2.07. The van der Waals surface area contributed by atoms with Crippen LogP contribution in [0.25, 0.3) is 5.69 Å². The van der Waals surface area contributed by atoms with Gasteiger partial charge in [0.1, 0.15) is 5.69 Å². The van der Waals surface area contributed by atoms with Crippen LogP contribution in [0.3, 0.4) is 0 Å². The van der Waals surface area contributed by atoms with Crippen LogP contribution in [-0.4, -0.2) is 21.4 Å². The van der Waals surface area contributed by atoms with Gasteiger partial charge in [-0.15, -0.1) is 0 Å². The third-order valence-corrected chi connectivity index (χ3v) is 2.43. The summed E-state index contributed by atoms with van der Waals surface area (Å²) in [5, 5.41) is 7.31. The summed E-state index contributed by atoms with van der Waals surface area (Å²) in [6, 6.07) is 1.59. The Hall–Kier alpha value is -1.75. The van der Waals surface area contributed by atoms with Crippen molar-refractivity contribution >= 4 is 17.3 Å². The van der Waals surface area contributed by atoms with E-state index in [1.54, 1.807) is 43.4 Å². The predicted molar refractivity (Wildman–Crippen MR) is 63.4 cm³/mol. The largest absolute Gasteiger partial charge is 0.384 e. The second-order valence-electron chi connectivity index (χ2n) is 3.37. The molecule has 2 heterocycles. The van der Waals surface area contributed by atoms with E-state index in [4.69, 9.17) is 11.6 Å². The van der Waals surface area contributed by atoms with Gasteiger partial charge in [-0.05, 0) is 6.07 Å². The molecule has 0 atom stereocenters. The van der Waals surface area contributed by atoms with Crippen LogP contribution in [0.2, 0.25) is 5.02 Å². The van der Waals surface area contributed by atoms with Crippen molar-refractivity contribution < 1.29 is 0 Å². The number of hydrogen-bond acceptors (Lipinski definition) is 3. The van der Waals surface area contributed by atoms with E-state index in [0.717, 1.165) is 0 Å². The molecule has 16 heavy (non-hydrogen) atoms. The maximum absolute atomic E-state index is 12.0. The van der Waals surface area contributed by atoms with Crippen LogP contribution in [0.15, 0.2) is 29.5 Å². The molecule has 5 nitrogen and oxygen atoms in total. The van der Waals surface area contributed by atoms with Crippen LogP contribution >= 0.6 is 11.6 Å². The van der Waals surface area contributed by atoms with Gasteiger partial charge in [-0.25, -0.2) is 0 Å². The summed E-state index contributed by atoms with van der Waals surface area (Å²) in [6.07, 6.45) is 4.93. The van der Waals surface area contributed by atoms with Crippen molar-refractivity contribution in [1.29, 1.82) is 0 Å². The van der Waals surface area contributed by atoms with Crippen molar-refractivity contribution in [2.24, 2.45) is 7.05 Å². The van der Waals surface area contributed by atoms with Gasteiger partial charge in [0.15, 0.2) is 0 Å². The van der Waals surface area contributed by atoms with Crippen molar-refractivity contribution in [3.8, 4) is 5.69 Å². The first-order chi connectivity index (χ1) is 7.61. The maximum Gasteiger partial charge on any atom is 0.278 e. The van der Waals surface area contributed by atoms with Gasteiger partial charge in [-0.2, -0.15) is 5.10 Å². The van der Waals surface area contributed by atoms with Gasteiger partial charge in [-0.3, -0.25) is 14.0 Å². The summed E-state index contributed by atoms with van der Waals surface area (Å²) >= 11 is 5.93. The number of halogens is 1. The fourth-order valence-corrected chi connectivity index (χ4v) is 1.66. The Kier molecular flexibility index (Phi) is 2.70. The van der Waals surface area contributed by atoms with E-state index < -0.39 is 0 Å². The Balaban J connectivity index is 2.65. The van der Waals surface area contributed by atoms with Gasteiger partial charge in [0, 0.05) is 26.5 Å². The molecule has 0 radical (unpaired) electrons. The first kappa shape index (κ1) is 10.8. The van der Waals surface area contributed by atoms with Crippen LogP contribution in [0, 0.1) is 0 Å². The summed E-state index contributed by atoms with van der Waals surface area (Å²) in [6.45, 7) is 0. The van der Waals surface area contributed by atoms with Crippen molar-refractivity contribution in [3.05, 3.63) is 40.0 Å². The van der Waals surface area contributed by atoms with E-state index >= 15 is 0 Å². The fraction of sp³-hybridized carbons (Fsp3) is 0.200. The first-order valence-corrected chi connectivity index (χ1v) is 5.08. The zero-order chi connectivity index (χ0) is 11.7. The highest BCUT2D eigenvalue weighted by atomic mass is 35.5. The molecule has 6 heteroatoms. The van der Waals surface area contributed by atoms with Gasteiger partial charge in [0.25, 0.3) is 5.56 Å². The number of anilines is 1. The summed E-state index contributed by atoms with van der Waals surface area (Å²) in [4.78, 5) is 12.0. The van der Waals surface area contributed by atoms with E-state index in [1.165, 1.54) is 4.57 Å². The van der Waals surface area contributed by atoms with Crippen LogP contribution in [0.4, 0.5) is 5.69 Å². The van der Waals surface area contributed by atoms with Crippen molar-refractivity contribution in [1.82, 2.24) is 14.3 Å². The van der Waals surface area contributed by atoms with Crippen molar-refractivity contribution in [2.45, 2.75) is 0 Å². The molecule has 0 bridgehead atoms. The SMILES string of the molecule is CNc1cc(Cl)cn(-c2cnn(C)c2)c1=O. The Morgan fingerprint density at radius 3 is 2.75 bits per heavy atom. The summed E-state index contributed by atoms with van der Waals surface area (Å²) in [7, 11) is 3.47. The number of aromatic nitrogens is 3. The zero-order valence-corrected chi connectivity index (χ0v) is 9.69. The van der Waals surface area contributed by atoms with Gasteiger partial charge >= 0.3 is 0 Å². The minimum atomic E-state index is -0.153. The number of nitrogens with one attached hydrogen (secondary N) is 1. The van der Waals surface area contributed by atoms with Gasteiger partial charge < -0.3 is 5.32 Å². The lowest BCUT2D eigenvalue weighted by molar-refractivity contribution is 0.767. The molecule has 2 rings (SSSR count). The molecule has 2 aromatic heterocycles. The lowest BCUT2D eigenvalue weighted by Gasteiger charge is -2.06. The molecular weight excluding hydrogens is 228 g/mol. The van der Waals surface area contributed by atoms with Crippen molar-refractivity contribution in [2.75, 3.05) is 12.4 Å². The van der Waals surface area contributed by atoms with Crippen LogP contribution in [0.5, 0.6) is 0 Å². The van der Waals surface area contributed by atoms with Crippen LogP contribution in [0.1, 0.15) is 0 Å². The average molecular weight is 239 g/mol. The Labute approximate surface area is 97.3 Å². The Bertz CT molecular complexity index is 572. The first-order valence-electron chi connectivity index (χ1n) is 4.71. The molecule has 0 aliphatic heterocycles. The summed E-state index contributed by atoms with van der Waals surface area (Å²) in [5.41, 5.74) is 0.989. The molecule has 84 valence electrons. The summed E-state index contributed by atoms with van der Waals surface area (Å²) < 4.78 is 3.09. The quantitative estimate of drug-likeness (QED) is 0.857. The summed E-state index contributed by atoms with van der Waals surface area (Å²) in [5.74, 6) is 0. The lowest BCUT2D eigenvalue weighted by atomic mass is 10.4. The molecule has 0 amide bonds. The molecule has 0 saturated heterocycles. The fourth-order valence-electron chi connectivity index (χ4n) is 1.45. The Morgan fingerprint density at radius 1 is 1.44 bits per heavy atom. The molecule has 0 aliphatic rings. The molecule has 0 aromatic carbocycles. The third kappa shape index (κ3) is 1.81. The molecule has 0 saturated carbocycles. The number of aryl methyl sites for hydroxylation is 1. The predicted octanol–water partition coefficient (Wildman–Crippen LogP) is 1.27. The maximum atomic E-state index is 12.0. The normalized spacial score (nSPS) is 10.4. The van der Waals surface area contributed by atoms with E-state index in [2.05, 4.69) is 10.4 Å². The average Bonchev–Trinajstić information content (AvgIpc) is 2.67. The molecule has 2 aromatic rings. The van der Waals surface area contributed by atoms with Crippen molar-refractivity contribution in [3.63, 3.8) is 0 Å². The minimum absolute atomic E-state index is 0.153. The molecule has 0 aliphatic carbocycles. The molecule has 0 fully saturated rings. The molecule has 1 N–H and O–H groups in total. The number of rotatable bonds is 2. The Morgan fingerprint density at radius 2 is 2.19 bits per heavy atom. The molecular formula is C10H11ClN4O. The lowest BCUT2D eigenvalue weighted by Crippen LogP contribution is -2.20. The number of pyridine rings is 1.